The van der Waals surface area contributed by atoms with Crippen LogP contribution in [0.5, 0.6) is 0 Å². The van der Waals surface area contributed by atoms with E-state index in [9.17, 15) is 0 Å². The van der Waals surface area contributed by atoms with E-state index in [-0.39, 0.29) is 6.04 Å². The summed E-state index contributed by atoms with van der Waals surface area (Å²) in [6, 6.07) is -0.0134. The Morgan fingerprint density at radius 1 is 1.41 bits per heavy atom. The first kappa shape index (κ1) is 12.3. The summed E-state index contributed by atoms with van der Waals surface area (Å²) in [4.78, 5) is 1.56. The van der Waals surface area contributed by atoms with Gasteiger partial charge in [-0.25, -0.2) is 0 Å². The maximum absolute atomic E-state index is 4.34. The fourth-order valence-electron chi connectivity index (χ4n) is 1.83. The standard InChI is InChI=1S/C10H15BrN6/c1-4-17-10(7(11)5-14-17)9(12-2)8-6-13-16(3)15-8/h5-6,9,12H,4H2,1-3H3. The summed E-state index contributed by atoms with van der Waals surface area (Å²) >= 11 is 3.53. The molecule has 0 radical (unpaired) electrons. The van der Waals surface area contributed by atoms with Crippen molar-refractivity contribution in [2.24, 2.45) is 7.05 Å². The minimum Gasteiger partial charge on any atom is -0.307 e. The van der Waals surface area contributed by atoms with Crippen molar-refractivity contribution in [3.63, 3.8) is 0 Å². The van der Waals surface area contributed by atoms with Crippen LogP contribution < -0.4 is 5.32 Å². The maximum Gasteiger partial charge on any atom is 0.106 e. The number of hydrogen-bond acceptors (Lipinski definition) is 4. The van der Waals surface area contributed by atoms with E-state index < -0.39 is 0 Å². The molecule has 0 saturated carbocycles. The van der Waals surface area contributed by atoms with Crippen molar-refractivity contribution < 1.29 is 0 Å². The van der Waals surface area contributed by atoms with Crippen molar-refractivity contribution in [2.75, 3.05) is 7.05 Å². The number of hydrogen-bond donors (Lipinski definition) is 1. The lowest BCUT2D eigenvalue weighted by Crippen LogP contribution is -2.22. The van der Waals surface area contributed by atoms with Gasteiger partial charge in [0.05, 0.1) is 28.6 Å². The molecule has 2 aromatic heterocycles. The van der Waals surface area contributed by atoms with E-state index in [1.165, 1.54) is 0 Å². The van der Waals surface area contributed by atoms with Crippen LogP contribution in [0.4, 0.5) is 0 Å². The highest BCUT2D eigenvalue weighted by atomic mass is 79.9. The van der Waals surface area contributed by atoms with E-state index in [0.717, 1.165) is 22.4 Å². The Morgan fingerprint density at radius 2 is 2.18 bits per heavy atom. The van der Waals surface area contributed by atoms with Gasteiger partial charge in [0.25, 0.3) is 0 Å². The minimum absolute atomic E-state index is 0.0134. The molecule has 0 spiro atoms. The molecular weight excluding hydrogens is 284 g/mol. The molecule has 92 valence electrons. The van der Waals surface area contributed by atoms with E-state index in [1.54, 1.807) is 17.2 Å². The molecule has 0 aliphatic carbocycles. The quantitative estimate of drug-likeness (QED) is 0.918. The fourth-order valence-corrected chi connectivity index (χ4v) is 2.35. The Labute approximate surface area is 108 Å². The van der Waals surface area contributed by atoms with Crippen LogP contribution in [0, 0.1) is 0 Å². The highest BCUT2D eigenvalue weighted by Crippen LogP contribution is 2.26. The van der Waals surface area contributed by atoms with Crippen LogP contribution in [0.2, 0.25) is 0 Å². The van der Waals surface area contributed by atoms with Crippen molar-refractivity contribution in [1.29, 1.82) is 0 Å². The van der Waals surface area contributed by atoms with Gasteiger partial charge in [0.1, 0.15) is 5.69 Å². The summed E-state index contributed by atoms with van der Waals surface area (Å²) in [5, 5.41) is 16.0. The lowest BCUT2D eigenvalue weighted by Gasteiger charge is -2.15. The number of halogens is 1. The molecule has 7 heteroatoms. The van der Waals surface area contributed by atoms with Gasteiger partial charge in [0, 0.05) is 13.6 Å². The molecule has 1 N–H and O–H groups in total. The lowest BCUT2D eigenvalue weighted by molar-refractivity contribution is 0.545. The molecule has 0 bridgehead atoms. The smallest absolute Gasteiger partial charge is 0.106 e. The Kier molecular flexibility index (Phi) is 3.58. The molecule has 1 unspecified atom stereocenters. The summed E-state index contributed by atoms with van der Waals surface area (Å²) < 4.78 is 2.92. The van der Waals surface area contributed by atoms with Crippen molar-refractivity contribution in [3.05, 3.63) is 28.3 Å². The lowest BCUT2D eigenvalue weighted by atomic mass is 10.1. The second-order valence-corrected chi connectivity index (χ2v) is 4.53. The van der Waals surface area contributed by atoms with Gasteiger partial charge in [-0.05, 0) is 29.9 Å². The third kappa shape index (κ3) is 2.25. The molecule has 0 saturated heterocycles. The Balaban J connectivity index is 2.44. The first-order valence-corrected chi connectivity index (χ1v) is 6.21. The van der Waals surface area contributed by atoms with Gasteiger partial charge >= 0.3 is 0 Å². The zero-order valence-electron chi connectivity index (χ0n) is 10.1. The van der Waals surface area contributed by atoms with Gasteiger partial charge in [-0.15, -0.1) is 0 Å². The molecule has 2 aromatic rings. The van der Waals surface area contributed by atoms with Crippen LogP contribution >= 0.6 is 15.9 Å². The average Bonchev–Trinajstić information content (AvgIpc) is 2.89. The summed E-state index contributed by atoms with van der Waals surface area (Å²) in [5.74, 6) is 0. The fraction of sp³-hybridized carbons (Fsp3) is 0.500. The van der Waals surface area contributed by atoms with Crippen LogP contribution in [0.15, 0.2) is 16.9 Å². The summed E-state index contributed by atoms with van der Waals surface area (Å²) in [6.45, 7) is 2.88. The van der Waals surface area contributed by atoms with Gasteiger partial charge in [0.2, 0.25) is 0 Å². The highest BCUT2D eigenvalue weighted by Gasteiger charge is 2.22. The van der Waals surface area contributed by atoms with E-state index in [0.29, 0.717) is 0 Å². The van der Waals surface area contributed by atoms with Gasteiger partial charge in [-0.2, -0.15) is 20.1 Å². The van der Waals surface area contributed by atoms with Gasteiger partial charge in [-0.3, -0.25) is 4.68 Å². The molecule has 2 rings (SSSR count). The third-order valence-corrected chi connectivity index (χ3v) is 3.22. The molecule has 2 heterocycles. The average molecular weight is 299 g/mol. The Hall–Kier alpha value is -1.21. The first-order chi connectivity index (χ1) is 8.17. The van der Waals surface area contributed by atoms with Crippen LogP contribution in [0.1, 0.15) is 24.4 Å². The third-order valence-electron chi connectivity index (χ3n) is 2.61. The highest BCUT2D eigenvalue weighted by molar-refractivity contribution is 9.10. The number of rotatable bonds is 4. The second kappa shape index (κ2) is 4.97. The summed E-state index contributed by atoms with van der Waals surface area (Å²) in [5.41, 5.74) is 1.95. The van der Waals surface area contributed by atoms with E-state index in [1.807, 2.05) is 18.8 Å². The topological polar surface area (TPSA) is 60.6 Å². The molecule has 17 heavy (non-hydrogen) atoms. The Bertz CT molecular complexity index is 503. The van der Waals surface area contributed by atoms with Crippen LogP contribution in [-0.4, -0.2) is 31.8 Å². The largest absolute Gasteiger partial charge is 0.307 e. The van der Waals surface area contributed by atoms with E-state index in [4.69, 9.17) is 0 Å². The summed E-state index contributed by atoms with van der Waals surface area (Å²) in [7, 11) is 3.71. The van der Waals surface area contributed by atoms with Crippen molar-refractivity contribution in [2.45, 2.75) is 19.5 Å². The SMILES string of the molecule is CCn1ncc(Br)c1C(NC)c1cnn(C)n1. The van der Waals surface area contributed by atoms with Gasteiger partial charge < -0.3 is 5.32 Å². The normalized spacial score (nSPS) is 12.9. The van der Waals surface area contributed by atoms with E-state index in [2.05, 4.69) is 43.5 Å². The van der Waals surface area contributed by atoms with Crippen molar-refractivity contribution in [3.8, 4) is 0 Å². The number of nitrogens with one attached hydrogen (secondary N) is 1. The van der Waals surface area contributed by atoms with Gasteiger partial charge in [0.15, 0.2) is 0 Å². The molecule has 0 fully saturated rings. The molecule has 0 amide bonds. The van der Waals surface area contributed by atoms with Gasteiger partial charge in [-0.1, -0.05) is 0 Å². The molecular formula is C10H15BrN6. The molecule has 0 aliphatic rings. The van der Waals surface area contributed by atoms with Crippen molar-refractivity contribution in [1.82, 2.24) is 30.1 Å². The van der Waals surface area contributed by atoms with Crippen molar-refractivity contribution >= 4 is 15.9 Å². The monoisotopic (exact) mass is 298 g/mol. The van der Waals surface area contributed by atoms with Crippen LogP contribution in [0.25, 0.3) is 0 Å². The van der Waals surface area contributed by atoms with E-state index >= 15 is 0 Å². The summed E-state index contributed by atoms with van der Waals surface area (Å²) in [6.07, 6.45) is 3.57. The Morgan fingerprint density at radius 3 is 2.71 bits per heavy atom. The van der Waals surface area contributed by atoms with Crippen LogP contribution in [-0.2, 0) is 13.6 Å². The molecule has 0 aromatic carbocycles. The molecule has 0 aliphatic heterocycles. The molecule has 1 atom stereocenters. The van der Waals surface area contributed by atoms with Crippen LogP contribution in [0.3, 0.4) is 0 Å². The molecule has 6 nitrogen and oxygen atoms in total. The predicted octanol–water partition coefficient (Wildman–Crippen LogP) is 1.10. The predicted molar refractivity (Wildman–Crippen MR) is 67.5 cm³/mol. The zero-order valence-corrected chi connectivity index (χ0v) is 11.6. The number of nitrogens with zero attached hydrogens (tertiary/aromatic N) is 5. The maximum atomic E-state index is 4.34. The number of aromatic nitrogens is 5. The first-order valence-electron chi connectivity index (χ1n) is 5.42. The second-order valence-electron chi connectivity index (χ2n) is 3.67. The number of aryl methyl sites for hydroxylation is 2. The minimum atomic E-state index is -0.0134. The zero-order chi connectivity index (χ0) is 12.4.